The second-order valence-corrected chi connectivity index (χ2v) is 8.61. The van der Waals surface area contributed by atoms with Crippen LogP contribution in [0.15, 0.2) is 29.2 Å². The molecule has 1 fully saturated rings. The Bertz CT molecular complexity index is 653. The van der Waals surface area contributed by atoms with Gasteiger partial charge in [-0.25, -0.2) is 8.42 Å². The van der Waals surface area contributed by atoms with Crippen LogP contribution in [0.25, 0.3) is 0 Å². The molecule has 0 spiro atoms. The number of amides is 1. The van der Waals surface area contributed by atoms with E-state index in [-0.39, 0.29) is 16.8 Å². The highest BCUT2D eigenvalue weighted by Crippen LogP contribution is 2.26. The minimum atomic E-state index is -3.24. The van der Waals surface area contributed by atoms with E-state index in [0.29, 0.717) is 11.6 Å². The van der Waals surface area contributed by atoms with Crippen LogP contribution < -0.4 is 0 Å². The standard InChI is InChI=1S/C17H26N2O3S/c1-18(2)15-7-5-6-8-16(15)19(3)17(20)13-9-11-14(12-10-13)23(4,21)22/h9-12,15-16H,5-8H2,1-4H3. The van der Waals surface area contributed by atoms with Gasteiger partial charge in [0.15, 0.2) is 9.84 Å². The van der Waals surface area contributed by atoms with Crippen LogP contribution in [-0.2, 0) is 9.84 Å². The number of carbonyl (C=O) groups is 1. The molecule has 0 aliphatic heterocycles. The highest BCUT2D eigenvalue weighted by molar-refractivity contribution is 7.90. The van der Waals surface area contributed by atoms with E-state index in [2.05, 4.69) is 19.0 Å². The van der Waals surface area contributed by atoms with Crippen molar-refractivity contribution in [1.82, 2.24) is 9.80 Å². The van der Waals surface area contributed by atoms with Crippen molar-refractivity contribution in [3.05, 3.63) is 29.8 Å². The second-order valence-electron chi connectivity index (χ2n) is 6.60. The monoisotopic (exact) mass is 338 g/mol. The van der Waals surface area contributed by atoms with Crippen LogP contribution in [0, 0.1) is 0 Å². The molecular weight excluding hydrogens is 312 g/mol. The summed E-state index contributed by atoms with van der Waals surface area (Å²) in [5, 5.41) is 0. The molecule has 0 bridgehead atoms. The molecule has 2 unspecified atom stereocenters. The van der Waals surface area contributed by atoms with E-state index >= 15 is 0 Å². The summed E-state index contributed by atoms with van der Waals surface area (Å²) in [6.45, 7) is 0. The zero-order chi connectivity index (χ0) is 17.2. The number of hydrogen-bond acceptors (Lipinski definition) is 4. The van der Waals surface area contributed by atoms with Crippen LogP contribution in [0.3, 0.4) is 0 Å². The van der Waals surface area contributed by atoms with Crippen LogP contribution in [-0.4, -0.2) is 63.6 Å². The third kappa shape index (κ3) is 4.12. The second kappa shape index (κ2) is 7.01. The number of likely N-dealkylation sites (N-methyl/N-ethyl adjacent to an activating group) is 2. The molecule has 1 saturated carbocycles. The van der Waals surface area contributed by atoms with Crippen LogP contribution in [0.2, 0.25) is 0 Å². The molecular formula is C17H26N2O3S. The molecule has 0 heterocycles. The number of nitrogens with zero attached hydrogens (tertiary/aromatic N) is 2. The summed E-state index contributed by atoms with van der Waals surface area (Å²) in [5.41, 5.74) is 0.531. The lowest BCUT2D eigenvalue weighted by molar-refractivity contribution is 0.0544. The van der Waals surface area contributed by atoms with Crippen LogP contribution >= 0.6 is 0 Å². The van der Waals surface area contributed by atoms with E-state index in [4.69, 9.17) is 0 Å². The molecule has 0 saturated heterocycles. The summed E-state index contributed by atoms with van der Waals surface area (Å²) in [6.07, 6.45) is 5.61. The maximum atomic E-state index is 12.7. The van der Waals surface area contributed by atoms with E-state index < -0.39 is 9.84 Å². The van der Waals surface area contributed by atoms with Gasteiger partial charge in [-0.3, -0.25) is 4.79 Å². The van der Waals surface area contributed by atoms with Crippen molar-refractivity contribution in [2.24, 2.45) is 0 Å². The van der Waals surface area contributed by atoms with Gasteiger partial charge in [0.25, 0.3) is 5.91 Å². The Hall–Kier alpha value is -1.40. The Balaban J connectivity index is 2.18. The van der Waals surface area contributed by atoms with Crippen molar-refractivity contribution in [2.75, 3.05) is 27.4 Å². The summed E-state index contributed by atoms with van der Waals surface area (Å²) >= 11 is 0. The zero-order valence-electron chi connectivity index (χ0n) is 14.3. The zero-order valence-corrected chi connectivity index (χ0v) is 15.1. The Kier molecular flexibility index (Phi) is 5.47. The highest BCUT2D eigenvalue weighted by Gasteiger charge is 2.32. The normalized spacial score (nSPS) is 22.1. The molecule has 2 rings (SSSR count). The van der Waals surface area contributed by atoms with Gasteiger partial charge in [-0.15, -0.1) is 0 Å². The van der Waals surface area contributed by atoms with Gasteiger partial charge in [-0.1, -0.05) is 12.8 Å². The Labute approximate surface area is 139 Å². The first-order valence-electron chi connectivity index (χ1n) is 7.95. The van der Waals surface area contributed by atoms with Crippen molar-refractivity contribution in [3.63, 3.8) is 0 Å². The lowest BCUT2D eigenvalue weighted by atomic mass is 9.88. The number of hydrogen-bond donors (Lipinski definition) is 0. The first-order chi connectivity index (χ1) is 10.7. The topological polar surface area (TPSA) is 57.7 Å². The lowest BCUT2D eigenvalue weighted by Gasteiger charge is -2.41. The predicted molar refractivity (Wildman–Crippen MR) is 91.4 cm³/mol. The van der Waals surface area contributed by atoms with Gasteiger partial charge in [-0.05, 0) is 51.2 Å². The van der Waals surface area contributed by atoms with Crippen molar-refractivity contribution in [1.29, 1.82) is 0 Å². The van der Waals surface area contributed by atoms with E-state index in [1.54, 1.807) is 12.1 Å². The average molecular weight is 338 g/mol. The van der Waals surface area contributed by atoms with E-state index in [0.717, 1.165) is 19.3 Å². The molecule has 0 N–H and O–H groups in total. The summed E-state index contributed by atoms with van der Waals surface area (Å²) < 4.78 is 23.0. The largest absolute Gasteiger partial charge is 0.337 e. The Morgan fingerprint density at radius 1 is 1.00 bits per heavy atom. The fraction of sp³-hybridized carbons (Fsp3) is 0.588. The van der Waals surface area contributed by atoms with Crippen molar-refractivity contribution < 1.29 is 13.2 Å². The molecule has 1 aromatic rings. The maximum absolute atomic E-state index is 12.7. The van der Waals surface area contributed by atoms with Crippen molar-refractivity contribution >= 4 is 15.7 Å². The summed E-state index contributed by atoms with van der Waals surface area (Å²) in [6, 6.07) is 6.76. The molecule has 6 heteroatoms. The highest BCUT2D eigenvalue weighted by atomic mass is 32.2. The fourth-order valence-corrected chi connectivity index (χ4v) is 3.98. The minimum Gasteiger partial charge on any atom is -0.337 e. The van der Waals surface area contributed by atoms with Gasteiger partial charge in [0, 0.05) is 31.0 Å². The SMILES string of the molecule is CN(C)C1CCCCC1N(C)C(=O)c1ccc(S(C)(=O)=O)cc1. The van der Waals surface area contributed by atoms with Crippen LogP contribution in [0.1, 0.15) is 36.0 Å². The van der Waals surface area contributed by atoms with E-state index in [1.807, 2.05) is 11.9 Å². The van der Waals surface area contributed by atoms with Crippen LogP contribution in [0.4, 0.5) is 0 Å². The number of rotatable bonds is 4. The van der Waals surface area contributed by atoms with Gasteiger partial charge < -0.3 is 9.80 Å². The minimum absolute atomic E-state index is 0.0520. The first-order valence-corrected chi connectivity index (χ1v) is 9.84. The van der Waals surface area contributed by atoms with Gasteiger partial charge in [0.1, 0.15) is 0 Å². The molecule has 1 aliphatic rings. The molecule has 0 radical (unpaired) electrons. The summed E-state index contributed by atoms with van der Waals surface area (Å²) in [7, 11) is 2.72. The van der Waals surface area contributed by atoms with Gasteiger partial charge >= 0.3 is 0 Å². The third-order valence-electron chi connectivity index (χ3n) is 4.70. The quantitative estimate of drug-likeness (QED) is 0.843. The van der Waals surface area contributed by atoms with Gasteiger partial charge in [0.2, 0.25) is 0 Å². The average Bonchev–Trinajstić information content (AvgIpc) is 2.52. The summed E-state index contributed by atoms with van der Waals surface area (Å²) in [5.74, 6) is -0.0520. The number of benzene rings is 1. The molecule has 1 aromatic carbocycles. The fourth-order valence-electron chi connectivity index (χ4n) is 3.34. The lowest BCUT2D eigenvalue weighted by Crippen LogP contribution is -2.51. The smallest absolute Gasteiger partial charge is 0.253 e. The Morgan fingerprint density at radius 3 is 2.00 bits per heavy atom. The number of carbonyl (C=O) groups excluding carboxylic acids is 1. The molecule has 0 aromatic heterocycles. The number of sulfone groups is 1. The van der Waals surface area contributed by atoms with Gasteiger partial charge in [0.05, 0.1) is 4.90 Å². The van der Waals surface area contributed by atoms with Crippen molar-refractivity contribution in [3.8, 4) is 0 Å². The maximum Gasteiger partial charge on any atom is 0.253 e. The summed E-state index contributed by atoms with van der Waals surface area (Å²) in [4.78, 5) is 17.0. The molecule has 1 aliphatic carbocycles. The van der Waals surface area contributed by atoms with Crippen molar-refractivity contribution in [2.45, 2.75) is 42.7 Å². The van der Waals surface area contributed by atoms with E-state index in [9.17, 15) is 13.2 Å². The predicted octanol–water partition coefficient (Wildman–Crippen LogP) is 2.03. The van der Waals surface area contributed by atoms with Crippen LogP contribution in [0.5, 0.6) is 0 Å². The molecule has 5 nitrogen and oxygen atoms in total. The van der Waals surface area contributed by atoms with E-state index in [1.165, 1.54) is 24.8 Å². The molecule has 2 atom stereocenters. The molecule has 128 valence electrons. The Morgan fingerprint density at radius 2 is 1.52 bits per heavy atom. The molecule has 23 heavy (non-hydrogen) atoms. The first kappa shape index (κ1) is 17.9. The van der Waals surface area contributed by atoms with Gasteiger partial charge in [-0.2, -0.15) is 0 Å². The third-order valence-corrected chi connectivity index (χ3v) is 5.83. The molecule has 1 amide bonds.